The molecule has 0 fully saturated rings. The molecule has 2 unspecified atom stereocenters. The second kappa shape index (κ2) is 10.1. The van der Waals surface area contributed by atoms with E-state index in [1.165, 1.54) is 12.1 Å². The molecule has 0 saturated heterocycles. The van der Waals surface area contributed by atoms with Crippen molar-refractivity contribution in [2.24, 2.45) is 0 Å². The molecule has 2 aromatic carbocycles. The van der Waals surface area contributed by atoms with Crippen LogP contribution in [0.3, 0.4) is 0 Å². The van der Waals surface area contributed by atoms with E-state index in [1.54, 1.807) is 32.9 Å². The quantitative estimate of drug-likeness (QED) is 0.618. The number of aliphatic hydroxyl groups is 1. The van der Waals surface area contributed by atoms with E-state index in [-0.39, 0.29) is 11.3 Å². The molecule has 2 atom stereocenters. The summed E-state index contributed by atoms with van der Waals surface area (Å²) in [6.45, 7) is 6.52. The number of amides is 1. The highest BCUT2D eigenvalue weighted by Gasteiger charge is 2.27. The van der Waals surface area contributed by atoms with E-state index in [0.717, 1.165) is 11.1 Å². The molecule has 2 rings (SSSR count). The minimum atomic E-state index is -4.04. The first-order valence-electron chi connectivity index (χ1n) is 9.64. The van der Waals surface area contributed by atoms with Gasteiger partial charge >= 0.3 is 6.09 Å². The molecular weight excluding hydrogens is 406 g/mol. The molecule has 0 heterocycles. The molecule has 0 spiro atoms. The molecule has 8 heteroatoms. The van der Waals surface area contributed by atoms with E-state index in [0.29, 0.717) is 0 Å². The lowest BCUT2D eigenvalue weighted by molar-refractivity contribution is 0.0355. The summed E-state index contributed by atoms with van der Waals surface area (Å²) in [6.07, 6.45) is -1.71. The van der Waals surface area contributed by atoms with Crippen LogP contribution >= 0.6 is 0 Å². The largest absolute Gasteiger partial charge is 0.444 e. The van der Waals surface area contributed by atoms with Gasteiger partial charge in [0.15, 0.2) is 0 Å². The molecule has 7 nitrogen and oxygen atoms in total. The lowest BCUT2D eigenvalue weighted by atomic mass is 10.0. The average molecular weight is 436 g/mol. The normalized spacial score (nSPS) is 14.0. The lowest BCUT2D eigenvalue weighted by Crippen LogP contribution is -2.48. The van der Waals surface area contributed by atoms with Crippen LogP contribution in [0.1, 0.15) is 31.9 Å². The fourth-order valence-corrected chi connectivity index (χ4v) is 3.58. The van der Waals surface area contributed by atoms with Crippen LogP contribution in [0.25, 0.3) is 0 Å². The Kier molecular flexibility index (Phi) is 8.00. The van der Waals surface area contributed by atoms with Crippen LogP contribution in [-0.2, 0) is 25.5 Å². The summed E-state index contributed by atoms with van der Waals surface area (Å²) >= 11 is 0. The summed E-state index contributed by atoms with van der Waals surface area (Å²) in [5.74, 6) is 0. The Hall–Kier alpha value is -2.42. The SMILES string of the molecule is Cc1ccc(S(=O)(=O)OCC(O)C(Cc2ccccc2)NC(=O)OC(C)(C)C)cc1. The number of rotatable bonds is 8. The van der Waals surface area contributed by atoms with Crippen LogP contribution in [0, 0.1) is 6.92 Å². The molecule has 2 N–H and O–H groups in total. The number of nitrogens with one attached hydrogen (secondary N) is 1. The van der Waals surface area contributed by atoms with Crippen molar-refractivity contribution < 1.29 is 27.2 Å². The van der Waals surface area contributed by atoms with Crippen molar-refractivity contribution in [1.82, 2.24) is 5.32 Å². The van der Waals surface area contributed by atoms with Gasteiger partial charge in [-0.15, -0.1) is 0 Å². The maximum absolute atomic E-state index is 12.4. The molecule has 164 valence electrons. The molecule has 0 aliphatic rings. The standard InChI is InChI=1S/C22H29NO6S/c1-16-10-12-18(13-11-16)30(26,27)28-15-20(24)19(14-17-8-6-5-7-9-17)23-21(25)29-22(2,3)4/h5-13,19-20,24H,14-15H2,1-4H3,(H,23,25). The highest BCUT2D eigenvalue weighted by atomic mass is 32.2. The van der Waals surface area contributed by atoms with E-state index in [2.05, 4.69) is 5.32 Å². The van der Waals surface area contributed by atoms with Crippen molar-refractivity contribution in [3.8, 4) is 0 Å². The first kappa shape index (κ1) is 23.9. The molecule has 30 heavy (non-hydrogen) atoms. The molecule has 0 aliphatic carbocycles. The van der Waals surface area contributed by atoms with Crippen molar-refractivity contribution in [2.45, 2.75) is 56.8 Å². The number of carbonyl (C=O) groups excluding carboxylic acids is 1. The summed E-state index contributed by atoms with van der Waals surface area (Å²) in [5, 5.41) is 13.2. The Morgan fingerprint density at radius 3 is 2.23 bits per heavy atom. The number of hydrogen-bond acceptors (Lipinski definition) is 6. The van der Waals surface area contributed by atoms with E-state index in [1.807, 2.05) is 37.3 Å². The van der Waals surface area contributed by atoms with Crippen molar-refractivity contribution >= 4 is 16.2 Å². The second-order valence-electron chi connectivity index (χ2n) is 8.06. The summed E-state index contributed by atoms with van der Waals surface area (Å²) in [5.41, 5.74) is 1.06. The molecule has 2 aromatic rings. The van der Waals surface area contributed by atoms with Crippen LogP contribution in [0.2, 0.25) is 0 Å². The minimum Gasteiger partial charge on any atom is -0.444 e. The van der Waals surface area contributed by atoms with Gasteiger partial charge in [-0.1, -0.05) is 48.0 Å². The zero-order valence-corrected chi connectivity index (χ0v) is 18.5. The predicted octanol–water partition coefficient (Wildman–Crippen LogP) is 3.20. The van der Waals surface area contributed by atoms with Gasteiger partial charge in [0, 0.05) is 0 Å². The maximum atomic E-state index is 12.4. The van der Waals surface area contributed by atoms with E-state index < -0.39 is 40.6 Å². The highest BCUT2D eigenvalue weighted by molar-refractivity contribution is 7.86. The van der Waals surface area contributed by atoms with Crippen molar-refractivity contribution in [3.05, 3.63) is 65.7 Å². The fraction of sp³-hybridized carbons (Fsp3) is 0.409. The molecule has 0 aromatic heterocycles. The van der Waals surface area contributed by atoms with Crippen LogP contribution in [0.15, 0.2) is 59.5 Å². The first-order chi connectivity index (χ1) is 14.0. The van der Waals surface area contributed by atoms with Gasteiger partial charge in [0.05, 0.1) is 23.6 Å². The van der Waals surface area contributed by atoms with E-state index in [9.17, 15) is 18.3 Å². The van der Waals surface area contributed by atoms with Crippen molar-refractivity contribution in [1.29, 1.82) is 0 Å². The first-order valence-corrected chi connectivity index (χ1v) is 11.0. The van der Waals surface area contributed by atoms with Crippen molar-refractivity contribution in [3.63, 3.8) is 0 Å². The van der Waals surface area contributed by atoms with Gasteiger partial charge < -0.3 is 15.2 Å². The highest BCUT2D eigenvalue weighted by Crippen LogP contribution is 2.15. The number of aliphatic hydroxyl groups excluding tert-OH is 1. The van der Waals surface area contributed by atoms with Gasteiger partial charge in [-0.05, 0) is 51.8 Å². The van der Waals surface area contributed by atoms with Gasteiger partial charge in [0.1, 0.15) is 5.60 Å². The topological polar surface area (TPSA) is 102 Å². The predicted molar refractivity (Wildman–Crippen MR) is 114 cm³/mol. The molecular formula is C22H29NO6S. The lowest BCUT2D eigenvalue weighted by Gasteiger charge is -2.26. The summed E-state index contributed by atoms with van der Waals surface area (Å²) in [6, 6.07) is 14.6. The number of hydrogen-bond donors (Lipinski definition) is 2. The Morgan fingerprint density at radius 2 is 1.67 bits per heavy atom. The zero-order chi connectivity index (χ0) is 22.4. The van der Waals surface area contributed by atoms with Gasteiger partial charge in [0.2, 0.25) is 0 Å². The molecule has 0 aliphatic heterocycles. The molecule has 0 radical (unpaired) electrons. The molecule has 1 amide bonds. The third-order valence-corrected chi connectivity index (χ3v) is 5.46. The summed E-state index contributed by atoms with van der Waals surface area (Å²) in [7, 11) is -4.04. The number of carbonyl (C=O) groups is 1. The molecule has 0 saturated carbocycles. The van der Waals surface area contributed by atoms with Crippen molar-refractivity contribution in [2.75, 3.05) is 6.61 Å². The number of benzene rings is 2. The third-order valence-electron chi connectivity index (χ3n) is 4.17. The zero-order valence-electron chi connectivity index (χ0n) is 17.7. The molecule has 0 bridgehead atoms. The Morgan fingerprint density at radius 1 is 1.07 bits per heavy atom. The number of alkyl carbamates (subject to hydrolysis) is 1. The fourth-order valence-electron chi connectivity index (χ4n) is 2.66. The second-order valence-corrected chi connectivity index (χ2v) is 9.68. The smallest absolute Gasteiger partial charge is 0.407 e. The van der Waals surface area contributed by atoms with E-state index >= 15 is 0 Å². The average Bonchev–Trinajstić information content (AvgIpc) is 2.65. The maximum Gasteiger partial charge on any atom is 0.407 e. The Labute approximate surface area is 178 Å². The third kappa shape index (κ3) is 7.78. The number of aryl methyl sites for hydroxylation is 1. The monoisotopic (exact) mass is 435 g/mol. The summed E-state index contributed by atoms with van der Waals surface area (Å²) in [4.78, 5) is 12.2. The van der Waals surface area contributed by atoms with Crippen LogP contribution in [-0.4, -0.2) is 44.0 Å². The number of ether oxygens (including phenoxy) is 1. The van der Waals surface area contributed by atoms with Crippen LogP contribution in [0.5, 0.6) is 0 Å². The van der Waals surface area contributed by atoms with E-state index in [4.69, 9.17) is 8.92 Å². The van der Waals surface area contributed by atoms with Gasteiger partial charge in [-0.2, -0.15) is 8.42 Å². The Balaban J connectivity index is 2.09. The van der Waals surface area contributed by atoms with Crippen LogP contribution in [0.4, 0.5) is 4.79 Å². The Bertz CT molecular complexity index is 920. The minimum absolute atomic E-state index is 0.0000100. The van der Waals surface area contributed by atoms with Crippen LogP contribution < -0.4 is 5.32 Å². The van der Waals surface area contributed by atoms with Gasteiger partial charge in [-0.3, -0.25) is 4.18 Å². The summed E-state index contributed by atoms with van der Waals surface area (Å²) < 4.78 is 35.1. The van der Waals surface area contributed by atoms with Gasteiger partial charge in [0.25, 0.3) is 10.1 Å². The van der Waals surface area contributed by atoms with Gasteiger partial charge in [-0.25, -0.2) is 4.79 Å².